The summed E-state index contributed by atoms with van der Waals surface area (Å²) in [4.78, 5) is 37.6. The molecular weight excluding hydrogens is 422 g/mol. The van der Waals surface area contributed by atoms with Crippen LogP contribution in [0.2, 0.25) is 0 Å². The number of anilines is 2. The largest absolute Gasteiger partial charge is 0.364 e. The Hall–Kier alpha value is -4.05. The highest BCUT2D eigenvalue weighted by molar-refractivity contribution is 6.02. The number of rotatable bonds is 8. The van der Waals surface area contributed by atoms with Crippen LogP contribution in [0.5, 0.6) is 0 Å². The first-order valence-electron chi connectivity index (χ1n) is 10.7. The summed E-state index contributed by atoms with van der Waals surface area (Å²) in [6, 6.07) is 14.7. The lowest BCUT2D eigenvalue weighted by Gasteiger charge is -2.20. The van der Waals surface area contributed by atoms with Gasteiger partial charge < -0.3 is 21.3 Å². The molecule has 1 saturated heterocycles. The monoisotopic (exact) mass is 447 g/mol. The molecule has 170 valence electrons. The number of nitrogens with two attached hydrogens (primary N) is 1. The van der Waals surface area contributed by atoms with E-state index >= 15 is 0 Å². The molecule has 3 amide bonds. The molecule has 1 aliphatic rings. The highest BCUT2D eigenvalue weighted by atomic mass is 16.2. The molecule has 3 aromatic rings. The molecular formula is C23H25N7O3. The number of hydrogen-bond acceptors (Lipinski definition) is 6. The molecule has 1 aromatic heterocycles. The van der Waals surface area contributed by atoms with Gasteiger partial charge in [-0.25, -0.2) is 4.68 Å². The lowest BCUT2D eigenvalue weighted by Crippen LogP contribution is -2.31. The first-order valence-corrected chi connectivity index (χ1v) is 10.7. The fourth-order valence-electron chi connectivity index (χ4n) is 3.69. The second kappa shape index (κ2) is 9.61. The standard InChI is InChI=1S/C23H25N7O3/c1-15(16-8-10-17(11-9-16)30-14-19(23(24)33)27-28-30)25-13-21(31)26-18-5-2-3-6-20(18)29-12-4-7-22(29)32/h2-3,5-6,8-11,14-15,25H,4,7,12-13H2,1H3,(H2,24,33)(H,26,31). The van der Waals surface area contributed by atoms with Crippen LogP contribution in [0.15, 0.2) is 54.7 Å². The topological polar surface area (TPSA) is 135 Å². The van der Waals surface area contributed by atoms with Crippen molar-refractivity contribution in [2.45, 2.75) is 25.8 Å². The Balaban J connectivity index is 1.34. The average Bonchev–Trinajstić information content (AvgIpc) is 3.48. The van der Waals surface area contributed by atoms with E-state index in [2.05, 4.69) is 20.9 Å². The Bertz CT molecular complexity index is 1170. The zero-order chi connectivity index (χ0) is 23.4. The molecule has 0 saturated carbocycles. The average molecular weight is 447 g/mol. The number of nitrogens with zero attached hydrogens (tertiary/aromatic N) is 4. The molecule has 0 bridgehead atoms. The summed E-state index contributed by atoms with van der Waals surface area (Å²) in [6.07, 6.45) is 2.82. The van der Waals surface area contributed by atoms with Crippen LogP contribution in [0.25, 0.3) is 5.69 Å². The van der Waals surface area contributed by atoms with Crippen molar-refractivity contribution in [3.05, 3.63) is 66.0 Å². The Labute approximate surface area is 190 Å². The van der Waals surface area contributed by atoms with E-state index in [-0.39, 0.29) is 30.1 Å². The smallest absolute Gasteiger partial charge is 0.270 e. The van der Waals surface area contributed by atoms with Gasteiger partial charge in [-0.1, -0.05) is 29.5 Å². The SMILES string of the molecule is CC(NCC(=O)Nc1ccccc1N1CCCC1=O)c1ccc(-n2cc(C(N)=O)nn2)cc1. The van der Waals surface area contributed by atoms with Crippen molar-refractivity contribution in [1.29, 1.82) is 0 Å². The van der Waals surface area contributed by atoms with Gasteiger partial charge in [0.05, 0.1) is 29.8 Å². The third-order valence-corrected chi connectivity index (χ3v) is 5.51. The van der Waals surface area contributed by atoms with Gasteiger partial charge in [-0.15, -0.1) is 5.10 Å². The summed E-state index contributed by atoms with van der Waals surface area (Å²) in [6.45, 7) is 2.73. The van der Waals surface area contributed by atoms with E-state index in [9.17, 15) is 14.4 Å². The predicted octanol–water partition coefficient (Wildman–Crippen LogP) is 1.78. The molecule has 0 spiro atoms. The van der Waals surface area contributed by atoms with Crippen molar-refractivity contribution in [2.24, 2.45) is 5.73 Å². The second-order valence-electron chi connectivity index (χ2n) is 7.82. The molecule has 1 fully saturated rings. The van der Waals surface area contributed by atoms with Crippen molar-refractivity contribution in [3.63, 3.8) is 0 Å². The van der Waals surface area contributed by atoms with Gasteiger partial charge in [-0.3, -0.25) is 14.4 Å². The lowest BCUT2D eigenvalue weighted by molar-refractivity contribution is -0.117. The Morgan fingerprint density at radius 1 is 1.15 bits per heavy atom. The van der Waals surface area contributed by atoms with Gasteiger partial charge in [-0.2, -0.15) is 0 Å². The summed E-state index contributed by atoms with van der Waals surface area (Å²) in [7, 11) is 0. The number of benzene rings is 2. The van der Waals surface area contributed by atoms with E-state index in [4.69, 9.17) is 5.73 Å². The molecule has 2 heterocycles. The first kappa shape index (κ1) is 22.2. The summed E-state index contributed by atoms with van der Waals surface area (Å²) in [5, 5.41) is 13.7. The number of hydrogen-bond donors (Lipinski definition) is 3. The number of para-hydroxylation sites is 2. The van der Waals surface area contributed by atoms with Gasteiger partial charge in [0, 0.05) is 19.0 Å². The lowest BCUT2D eigenvalue weighted by atomic mass is 10.1. The molecule has 10 heteroatoms. The minimum Gasteiger partial charge on any atom is -0.364 e. The van der Waals surface area contributed by atoms with Gasteiger partial charge in [0.15, 0.2) is 5.69 Å². The van der Waals surface area contributed by atoms with Gasteiger partial charge in [0.2, 0.25) is 11.8 Å². The molecule has 2 aromatic carbocycles. The third-order valence-electron chi connectivity index (χ3n) is 5.51. The van der Waals surface area contributed by atoms with Crippen LogP contribution in [-0.4, -0.2) is 45.8 Å². The van der Waals surface area contributed by atoms with Crippen LogP contribution in [-0.2, 0) is 9.59 Å². The third kappa shape index (κ3) is 5.07. The van der Waals surface area contributed by atoms with E-state index in [1.807, 2.05) is 49.4 Å². The molecule has 4 N–H and O–H groups in total. The summed E-state index contributed by atoms with van der Waals surface area (Å²) < 4.78 is 1.47. The quantitative estimate of drug-likeness (QED) is 0.482. The Morgan fingerprint density at radius 2 is 1.91 bits per heavy atom. The Morgan fingerprint density at radius 3 is 2.58 bits per heavy atom. The van der Waals surface area contributed by atoms with E-state index < -0.39 is 5.91 Å². The minimum absolute atomic E-state index is 0.0728. The number of nitrogens with one attached hydrogen (secondary N) is 2. The van der Waals surface area contributed by atoms with Crippen molar-refractivity contribution in [3.8, 4) is 5.69 Å². The maximum atomic E-state index is 12.6. The number of primary amides is 1. The predicted molar refractivity (Wildman–Crippen MR) is 123 cm³/mol. The fraction of sp³-hybridized carbons (Fsp3) is 0.261. The van der Waals surface area contributed by atoms with E-state index in [0.29, 0.717) is 18.7 Å². The molecule has 0 aliphatic carbocycles. The molecule has 0 radical (unpaired) electrons. The van der Waals surface area contributed by atoms with Crippen LogP contribution in [0, 0.1) is 0 Å². The molecule has 33 heavy (non-hydrogen) atoms. The van der Waals surface area contributed by atoms with Crippen LogP contribution < -0.4 is 21.3 Å². The molecule has 1 atom stereocenters. The maximum Gasteiger partial charge on any atom is 0.270 e. The Kier molecular flexibility index (Phi) is 6.45. The maximum absolute atomic E-state index is 12.6. The van der Waals surface area contributed by atoms with Crippen LogP contribution in [0.3, 0.4) is 0 Å². The van der Waals surface area contributed by atoms with E-state index in [1.165, 1.54) is 10.9 Å². The first-order chi connectivity index (χ1) is 15.9. The molecule has 1 aliphatic heterocycles. The summed E-state index contributed by atoms with van der Waals surface area (Å²) in [5.74, 6) is -0.758. The van der Waals surface area contributed by atoms with Crippen molar-refractivity contribution in [2.75, 3.05) is 23.3 Å². The normalized spacial score (nSPS) is 14.3. The number of carbonyl (C=O) groups excluding carboxylic acids is 3. The van der Waals surface area contributed by atoms with Gasteiger partial charge in [-0.05, 0) is 43.2 Å². The summed E-state index contributed by atoms with van der Waals surface area (Å²) >= 11 is 0. The van der Waals surface area contributed by atoms with Gasteiger partial charge >= 0.3 is 0 Å². The zero-order valence-electron chi connectivity index (χ0n) is 18.2. The second-order valence-corrected chi connectivity index (χ2v) is 7.82. The van der Waals surface area contributed by atoms with Crippen molar-refractivity contribution in [1.82, 2.24) is 20.3 Å². The zero-order valence-corrected chi connectivity index (χ0v) is 18.2. The molecule has 4 rings (SSSR count). The van der Waals surface area contributed by atoms with Crippen LogP contribution in [0.1, 0.15) is 41.9 Å². The van der Waals surface area contributed by atoms with Gasteiger partial charge in [0.1, 0.15) is 0 Å². The summed E-state index contributed by atoms with van der Waals surface area (Å²) in [5.41, 5.74) is 8.36. The number of carbonyl (C=O) groups is 3. The highest BCUT2D eigenvalue weighted by Crippen LogP contribution is 2.29. The van der Waals surface area contributed by atoms with Crippen LogP contribution in [0.4, 0.5) is 11.4 Å². The fourth-order valence-corrected chi connectivity index (χ4v) is 3.69. The molecule has 1 unspecified atom stereocenters. The highest BCUT2D eigenvalue weighted by Gasteiger charge is 2.24. The number of aromatic nitrogens is 3. The van der Waals surface area contributed by atoms with Crippen LogP contribution >= 0.6 is 0 Å². The van der Waals surface area contributed by atoms with E-state index in [0.717, 1.165) is 23.4 Å². The van der Waals surface area contributed by atoms with Crippen molar-refractivity contribution < 1.29 is 14.4 Å². The van der Waals surface area contributed by atoms with E-state index in [1.54, 1.807) is 11.0 Å². The van der Waals surface area contributed by atoms with Crippen molar-refractivity contribution >= 4 is 29.1 Å². The minimum atomic E-state index is -0.636. The van der Waals surface area contributed by atoms with Gasteiger partial charge in [0.25, 0.3) is 5.91 Å². The molecule has 10 nitrogen and oxygen atoms in total. The number of amides is 3.